The Morgan fingerprint density at radius 1 is 1.29 bits per heavy atom. The smallest absolute Gasteiger partial charge is 0.258 e. The lowest BCUT2D eigenvalue weighted by molar-refractivity contribution is 0.407. The van der Waals surface area contributed by atoms with Crippen LogP contribution in [-0.4, -0.2) is 20.1 Å². The lowest BCUT2D eigenvalue weighted by Crippen LogP contribution is -1.89. The van der Waals surface area contributed by atoms with Gasteiger partial charge in [-0.1, -0.05) is 11.2 Å². The molecule has 14 heavy (non-hydrogen) atoms. The van der Waals surface area contributed by atoms with E-state index in [4.69, 9.17) is 4.52 Å². The number of nitrogens with zero attached hydrogens (tertiary/aromatic N) is 4. The van der Waals surface area contributed by atoms with Gasteiger partial charge in [-0.25, -0.2) is 9.97 Å². The van der Waals surface area contributed by atoms with Crippen LogP contribution in [0.5, 0.6) is 0 Å². The summed E-state index contributed by atoms with van der Waals surface area (Å²) in [6.45, 7) is 1.90. The molecule has 2 rings (SSSR count). The summed E-state index contributed by atoms with van der Waals surface area (Å²) in [5.41, 5.74) is 1.70. The third kappa shape index (κ3) is 1.52. The summed E-state index contributed by atoms with van der Waals surface area (Å²) in [6.07, 6.45) is 8.12. The molecule has 0 aliphatic rings. The zero-order valence-electron chi connectivity index (χ0n) is 7.58. The Kier molecular flexibility index (Phi) is 2.31. The van der Waals surface area contributed by atoms with Crippen LogP contribution in [0.15, 0.2) is 35.6 Å². The van der Waals surface area contributed by atoms with Crippen LogP contribution in [0.25, 0.3) is 5.57 Å². The maximum absolute atomic E-state index is 4.96. The lowest BCUT2D eigenvalue weighted by atomic mass is 10.1. The van der Waals surface area contributed by atoms with Crippen LogP contribution >= 0.6 is 0 Å². The van der Waals surface area contributed by atoms with Gasteiger partial charge >= 0.3 is 0 Å². The molecule has 0 bridgehead atoms. The first-order valence-corrected chi connectivity index (χ1v) is 4.10. The molecule has 0 unspecified atom stereocenters. The van der Waals surface area contributed by atoms with Gasteiger partial charge in [-0.2, -0.15) is 4.98 Å². The number of rotatable bonds is 2. The van der Waals surface area contributed by atoms with Gasteiger partial charge in [0, 0.05) is 23.5 Å². The highest BCUT2D eigenvalue weighted by molar-refractivity contribution is 5.73. The van der Waals surface area contributed by atoms with Crippen molar-refractivity contribution in [2.45, 2.75) is 6.92 Å². The molecule has 2 aromatic rings. The van der Waals surface area contributed by atoms with Gasteiger partial charge in [-0.15, -0.1) is 0 Å². The molecule has 0 aliphatic carbocycles. The molecular weight excluding hydrogens is 180 g/mol. The summed E-state index contributed by atoms with van der Waals surface area (Å²) in [5.74, 6) is 0.474. The largest absolute Gasteiger partial charge is 0.334 e. The predicted molar refractivity (Wildman–Crippen MR) is 49.1 cm³/mol. The van der Waals surface area contributed by atoms with Crippen LogP contribution in [0, 0.1) is 0 Å². The van der Waals surface area contributed by atoms with Crippen molar-refractivity contribution in [3.63, 3.8) is 0 Å². The normalized spacial score (nSPS) is 11.6. The first-order chi connectivity index (χ1) is 6.92. The first-order valence-electron chi connectivity index (χ1n) is 4.10. The molecule has 0 amide bonds. The second kappa shape index (κ2) is 3.78. The highest BCUT2D eigenvalue weighted by Gasteiger charge is 2.09. The third-order valence-corrected chi connectivity index (χ3v) is 1.75. The molecule has 2 heterocycles. The molecule has 5 nitrogen and oxygen atoms in total. The van der Waals surface area contributed by atoms with Gasteiger partial charge in [0.15, 0.2) is 6.33 Å². The highest BCUT2D eigenvalue weighted by Crippen LogP contribution is 2.18. The van der Waals surface area contributed by atoms with Crippen LogP contribution < -0.4 is 0 Å². The van der Waals surface area contributed by atoms with Crippen molar-refractivity contribution in [2.24, 2.45) is 0 Å². The minimum Gasteiger partial charge on any atom is -0.334 e. The monoisotopic (exact) mass is 188 g/mol. The number of allylic oxidation sites excluding steroid dienone is 1. The van der Waals surface area contributed by atoms with Crippen molar-refractivity contribution < 1.29 is 4.52 Å². The maximum atomic E-state index is 4.96. The SMILES string of the molecule is C/C=C(\c1cncnc1)c1ncno1. The summed E-state index contributed by atoms with van der Waals surface area (Å²) in [7, 11) is 0. The molecular formula is C9H8N4O. The Morgan fingerprint density at radius 3 is 2.64 bits per heavy atom. The van der Waals surface area contributed by atoms with Gasteiger partial charge < -0.3 is 4.52 Å². The molecule has 70 valence electrons. The second-order valence-corrected chi connectivity index (χ2v) is 2.58. The van der Waals surface area contributed by atoms with Gasteiger partial charge in [0.25, 0.3) is 5.89 Å². The molecule has 0 aromatic carbocycles. The number of aromatic nitrogens is 4. The topological polar surface area (TPSA) is 64.7 Å². The van der Waals surface area contributed by atoms with Crippen molar-refractivity contribution >= 4 is 5.57 Å². The van der Waals surface area contributed by atoms with E-state index in [1.807, 2.05) is 13.0 Å². The quantitative estimate of drug-likeness (QED) is 0.710. The molecule has 2 aromatic heterocycles. The van der Waals surface area contributed by atoms with Crippen molar-refractivity contribution in [1.82, 2.24) is 20.1 Å². The van der Waals surface area contributed by atoms with E-state index in [1.54, 1.807) is 12.4 Å². The van der Waals surface area contributed by atoms with Crippen LogP contribution in [0.2, 0.25) is 0 Å². The van der Waals surface area contributed by atoms with E-state index in [-0.39, 0.29) is 0 Å². The van der Waals surface area contributed by atoms with Crippen LogP contribution in [0.3, 0.4) is 0 Å². The van der Waals surface area contributed by atoms with Crippen molar-refractivity contribution in [3.8, 4) is 0 Å². The van der Waals surface area contributed by atoms with E-state index in [0.29, 0.717) is 5.89 Å². The Labute approximate surface area is 80.5 Å². The lowest BCUT2D eigenvalue weighted by Gasteiger charge is -1.99. The molecule has 5 heteroatoms. The molecule has 0 aliphatic heterocycles. The van der Waals surface area contributed by atoms with Crippen LogP contribution in [0.1, 0.15) is 18.4 Å². The Bertz CT molecular complexity index is 421. The van der Waals surface area contributed by atoms with E-state index in [1.165, 1.54) is 12.7 Å². The molecule has 0 radical (unpaired) electrons. The Balaban J connectivity index is 2.43. The minimum absolute atomic E-state index is 0.474. The van der Waals surface area contributed by atoms with Gasteiger partial charge in [-0.3, -0.25) is 0 Å². The fourth-order valence-corrected chi connectivity index (χ4v) is 1.14. The van der Waals surface area contributed by atoms with Gasteiger partial charge in [0.2, 0.25) is 0 Å². The van der Waals surface area contributed by atoms with Gasteiger partial charge in [0.1, 0.15) is 6.33 Å². The molecule has 0 N–H and O–H groups in total. The van der Waals surface area contributed by atoms with Crippen molar-refractivity contribution in [1.29, 1.82) is 0 Å². The highest BCUT2D eigenvalue weighted by atomic mass is 16.5. The maximum Gasteiger partial charge on any atom is 0.258 e. The van der Waals surface area contributed by atoms with Crippen LogP contribution in [0.4, 0.5) is 0 Å². The zero-order valence-corrected chi connectivity index (χ0v) is 7.58. The van der Waals surface area contributed by atoms with Crippen molar-refractivity contribution in [3.05, 3.63) is 42.6 Å². The first kappa shape index (κ1) is 8.55. The van der Waals surface area contributed by atoms with E-state index in [2.05, 4.69) is 20.1 Å². The Morgan fingerprint density at radius 2 is 2.07 bits per heavy atom. The molecule has 0 atom stereocenters. The minimum atomic E-state index is 0.474. The number of hydrogen-bond donors (Lipinski definition) is 0. The van der Waals surface area contributed by atoms with E-state index in [0.717, 1.165) is 11.1 Å². The van der Waals surface area contributed by atoms with Gasteiger partial charge in [0.05, 0.1) is 0 Å². The van der Waals surface area contributed by atoms with Gasteiger partial charge in [-0.05, 0) is 6.92 Å². The van der Waals surface area contributed by atoms with E-state index in [9.17, 15) is 0 Å². The second-order valence-electron chi connectivity index (χ2n) is 2.58. The molecule has 0 saturated heterocycles. The fraction of sp³-hybridized carbons (Fsp3) is 0.111. The third-order valence-electron chi connectivity index (χ3n) is 1.75. The molecule has 0 spiro atoms. The summed E-state index contributed by atoms with van der Waals surface area (Å²) in [4.78, 5) is 11.8. The average molecular weight is 188 g/mol. The predicted octanol–water partition coefficient (Wildman–Crippen LogP) is 1.31. The van der Waals surface area contributed by atoms with E-state index >= 15 is 0 Å². The summed E-state index contributed by atoms with van der Waals surface area (Å²) < 4.78 is 4.96. The summed E-state index contributed by atoms with van der Waals surface area (Å²) >= 11 is 0. The summed E-state index contributed by atoms with van der Waals surface area (Å²) in [6, 6.07) is 0. The average Bonchev–Trinajstić information content (AvgIpc) is 2.74. The van der Waals surface area contributed by atoms with Crippen molar-refractivity contribution in [2.75, 3.05) is 0 Å². The Hall–Kier alpha value is -2.04. The molecule has 0 fully saturated rings. The van der Waals surface area contributed by atoms with Crippen LogP contribution in [-0.2, 0) is 0 Å². The summed E-state index contributed by atoms with van der Waals surface area (Å²) in [5, 5.41) is 3.55. The fourth-order valence-electron chi connectivity index (χ4n) is 1.14. The van der Waals surface area contributed by atoms with E-state index < -0.39 is 0 Å². The standard InChI is InChI=1S/C9H8N4O/c1-2-8(9-12-6-13-14-9)7-3-10-5-11-4-7/h2-6H,1H3/b8-2+. The zero-order chi connectivity index (χ0) is 9.80. The number of hydrogen-bond acceptors (Lipinski definition) is 5. The molecule has 0 saturated carbocycles.